The topological polar surface area (TPSA) is 0 Å². The highest BCUT2D eigenvalue weighted by Crippen LogP contribution is 2.29. The lowest BCUT2D eigenvalue weighted by molar-refractivity contribution is 0.514. The van der Waals surface area contributed by atoms with Gasteiger partial charge in [0.25, 0.3) is 0 Å². The molecule has 0 radical (unpaired) electrons. The predicted molar refractivity (Wildman–Crippen MR) is 152 cm³/mol. The molecule has 0 saturated carbocycles. The minimum absolute atomic E-state index is 0.0309. The molecule has 0 atom stereocenters. The van der Waals surface area contributed by atoms with Gasteiger partial charge in [0.15, 0.2) is 0 Å². The molecule has 0 nitrogen and oxygen atoms in total. The van der Waals surface area contributed by atoms with Crippen molar-refractivity contribution in [3.63, 3.8) is 0 Å². The smallest absolute Gasteiger partial charge is 0.00775 e. The van der Waals surface area contributed by atoms with E-state index in [2.05, 4.69) is 167 Å². The summed E-state index contributed by atoms with van der Waals surface area (Å²) in [5.41, 5.74) is 11.3. The van der Waals surface area contributed by atoms with E-state index in [1.54, 1.807) is 0 Å². The largest absolute Gasteiger partial charge is 0.0659 e. The van der Waals surface area contributed by atoms with Crippen LogP contribution in [-0.4, -0.2) is 0 Å². The Morgan fingerprint density at radius 3 is 1.00 bits per heavy atom. The van der Waals surface area contributed by atoms with Crippen molar-refractivity contribution in [3.8, 4) is 11.8 Å². The molecule has 1 aliphatic carbocycles. The maximum Gasteiger partial charge on any atom is 0.00775 e. The minimum Gasteiger partial charge on any atom is -0.0659 e. The maximum absolute atomic E-state index is 3.46. The van der Waals surface area contributed by atoms with Gasteiger partial charge in [0.1, 0.15) is 0 Å². The second kappa shape index (κ2) is 11.6. The quantitative estimate of drug-likeness (QED) is 0.252. The van der Waals surface area contributed by atoms with Crippen molar-refractivity contribution in [1.82, 2.24) is 0 Å². The standard InChI is InChI=1S/C34H46/c1-31(2,3)27-19-15-13-16-21-29(33(7,8)9)25-26-30(34(10,11)12)22-18-14-17-20-28(24-23-27)32(4,5)6/h13-22H,1-12H3/b15-13+,16-13?,17-14+,18-14?,19-15?,20-17?,21-16+,22-18+,27-19+,28-20+,29-21?,30-22?. The molecule has 0 amide bonds. The third kappa shape index (κ3) is 10.5. The molecule has 0 fully saturated rings. The summed E-state index contributed by atoms with van der Waals surface area (Å²) in [7, 11) is 0. The molecular weight excluding hydrogens is 408 g/mol. The zero-order valence-corrected chi connectivity index (χ0v) is 23.8. The highest BCUT2D eigenvalue weighted by molar-refractivity contribution is 5.45. The zero-order valence-electron chi connectivity index (χ0n) is 23.8. The van der Waals surface area contributed by atoms with Gasteiger partial charge in [-0.05, 0) is 21.7 Å². The van der Waals surface area contributed by atoms with E-state index in [1.807, 2.05) is 0 Å². The van der Waals surface area contributed by atoms with Crippen molar-refractivity contribution in [1.29, 1.82) is 0 Å². The molecule has 0 heteroatoms. The van der Waals surface area contributed by atoms with E-state index in [-0.39, 0.29) is 21.7 Å². The molecule has 0 spiro atoms. The molecule has 0 aliphatic heterocycles. The lowest BCUT2D eigenvalue weighted by atomic mass is 9.83. The Balaban J connectivity index is 3.86. The number of allylic oxidation sites excluding steroid dienone is 14. The highest BCUT2D eigenvalue weighted by atomic mass is 14.2. The molecule has 0 aromatic carbocycles. The molecule has 0 aromatic rings. The third-order valence-corrected chi connectivity index (χ3v) is 5.39. The Kier molecular flexibility index (Phi) is 10.0. The summed E-state index contributed by atoms with van der Waals surface area (Å²) in [5, 5.41) is 0. The van der Waals surface area contributed by atoms with E-state index in [4.69, 9.17) is 0 Å². The van der Waals surface area contributed by atoms with Crippen LogP contribution in [0.3, 0.4) is 0 Å². The zero-order chi connectivity index (χ0) is 26.2. The SMILES string of the molecule is CC(C)(C)C1=C=C=C(C(C)(C)C)/C=C/C=C/C=C(/C(C)(C)C)C#C\C(C(C)(C)C)=C/C=C/C=C/1. The van der Waals surface area contributed by atoms with E-state index < -0.39 is 0 Å². The van der Waals surface area contributed by atoms with Gasteiger partial charge in [0.2, 0.25) is 0 Å². The molecule has 0 heterocycles. The van der Waals surface area contributed by atoms with Crippen LogP contribution in [0.4, 0.5) is 0 Å². The second-order valence-corrected chi connectivity index (χ2v) is 13.0. The van der Waals surface area contributed by atoms with Crippen molar-refractivity contribution in [2.75, 3.05) is 0 Å². The number of rotatable bonds is 0. The van der Waals surface area contributed by atoms with Crippen LogP contribution in [0.15, 0.2) is 94.5 Å². The first kappa shape index (κ1) is 29.3. The Morgan fingerprint density at radius 1 is 0.412 bits per heavy atom. The molecule has 34 heavy (non-hydrogen) atoms. The fraction of sp³-hybridized carbons (Fsp3) is 0.471. The van der Waals surface area contributed by atoms with E-state index in [0.717, 1.165) is 22.3 Å². The Hall–Kier alpha value is -2.70. The fourth-order valence-corrected chi connectivity index (χ4v) is 2.92. The summed E-state index contributed by atoms with van der Waals surface area (Å²) < 4.78 is 0. The van der Waals surface area contributed by atoms with Crippen LogP contribution in [0, 0.1) is 33.5 Å². The van der Waals surface area contributed by atoms with Gasteiger partial charge >= 0.3 is 0 Å². The van der Waals surface area contributed by atoms with Gasteiger partial charge in [-0.2, -0.15) is 0 Å². The van der Waals surface area contributed by atoms with E-state index in [9.17, 15) is 0 Å². The third-order valence-electron chi connectivity index (χ3n) is 5.39. The molecule has 0 N–H and O–H groups in total. The molecular formula is C34H46. The van der Waals surface area contributed by atoms with Crippen LogP contribution in [0.25, 0.3) is 0 Å². The lowest BCUT2D eigenvalue weighted by Gasteiger charge is -2.20. The molecule has 0 aromatic heterocycles. The molecule has 182 valence electrons. The first-order valence-electron chi connectivity index (χ1n) is 12.3. The van der Waals surface area contributed by atoms with Gasteiger partial charge < -0.3 is 0 Å². The molecule has 0 bridgehead atoms. The van der Waals surface area contributed by atoms with Gasteiger partial charge in [0.05, 0.1) is 0 Å². The molecule has 1 aliphatic rings. The first-order chi connectivity index (χ1) is 15.4. The summed E-state index contributed by atoms with van der Waals surface area (Å²) in [6.45, 7) is 26.5. The Morgan fingerprint density at radius 2 is 0.735 bits per heavy atom. The molecule has 1 rings (SSSR count). The van der Waals surface area contributed by atoms with Gasteiger partial charge in [-0.1, -0.05) is 167 Å². The van der Waals surface area contributed by atoms with Crippen LogP contribution < -0.4 is 0 Å². The highest BCUT2D eigenvalue weighted by Gasteiger charge is 2.18. The van der Waals surface area contributed by atoms with Crippen molar-refractivity contribution >= 4 is 0 Å². The van der Waals surface area contributed by atoms with Crippen LogP contribution in [-0.2, 0) is 0 Å². The summed E-state index contributed by atoms with van der Waals surface area (Å²) in [6.07, 6.45) is 21.0. The monoisotopic (exact) mass is 454 g/mol. The summed E-state index contributed by atoms with van der Waals surface area (Å²) in [5.74, 6) is 6.93. The van der Waals surface area contributed by atoms with E-state index in [0.29, 0.717) is 0 Å². The van der Waals surface area contributed by atoms with Crippen LogP contribution in [0.5, 0.6) is 0 Å². The second-order valence-electron chi connectivity index (χ2n) is 13.0. The summed E-state index contributed by atoms with van der Waals surface area (Å²) in [6, 6.07) is 0. The van der Waals surface area contributed by atoms with Gasteiger partial charge in [0, 0.05) is 22.3 Å². The van der Waals surface area contributed by atoms with Crippen LogP contribution in [0.2, 0.25) is 0 Å². The average molecular weight is 455 g/mol. The lowest BCUT2D eigenvalue weighted by Crippen LogP contribution is -2.10. The molecule has 0 saturated heterocycles. The molecule has 0 unspecified atom stereocenters. The van der Waals surface area contributed by atoms with E-state index >= 15 is 0 Å². The van der Waals surface area contributed by atoms with Gasteiger partial charge in [-0.15, -0.1) is 0 Å². The van der Waals surface area contributed by atoms with Crippen molar-refractivity contribution in [2.45, 2.75) is 83.1 Å². The normalized spacial score (nSPS) is 23.4. The maximum atomic E-state index is 3.46. The van der Waals surface area contributed by atoms with Gasteiger partial charge in [-0.3, -0.25) is 0 Å². The van der Waals surface area contributed by atoms with Gasteiger partial charge in [-0.25, -0.2) is 0 Å². The number of hydrogen-bond acceptors (Lipinski definition) is 0. The number of hydrogen-bond donors (Lipinski definition) is 0. The average Bonchev–Trinajstić information content (AvgIpc) is 2.63. The summed E-state index contributed by atoms with van der Waals surface area (Å²) >= 11 is 0. The Bertz CT molecular complexity index is 978. The summed E-state index contributed by atoms with van der Waals surface area (Å²) in [4.78, 5) is 0. The van der Waals surface area contributed by atoms with Crippen molar-refractivity contribution in [3.05, 3.63) is 94.5 Å². The van der Waals surface area contributed by atoms with Crippen LogP contribution >= 0.6 is 0 Å². The predicted octanol–water partition coefficient (Wildman–Crippen LogP) is 9.87. The van der Waals surface area contributed by atoms with Crippen molar-refractivity contribution in [2.24, 2.45) is 21.7 Å². The Labute approximate surface area is 211 Å². The van der Waals surface area contributed by atoms with Crippen LogP contribution in [0.1, 0.15) is 83.1 Å². The van der Waals surface area contributed by atoms with Crippen molar-refractivity contribution < 1.29 is 0 Å². The van der Waals surface area contributed by atoms with E-state index in [1.165, 1.54) is 0 Å². The fourth-order valence-electron chi connectivity index (χ4n) is 2.92. The first-order valence-corrected chi connectivity index (χ1v) is 12.3. The minimum atomic E-state index is -0.0309.